The zero-order valence-electron chi connectivity index (χ0n) is 14.0. The van der Waals surface area contributed by atoms with Gasteiger partial charge in [0.25, 0.3) is 0 Å². The molecular weight excluding hydrogens is 274 g/mol. The van der Waals surface area contributed by atoms with E-state index < -0.39 is 0 Å². The Kier molecular flexibility index (Phi) is 4.16. The Morgan fingerprint density at radius 1 is 1.09 bits per heavy atom. The maximum absolute atomic E-state index is 12.7. The van der Waals surface area contributed by atoms with E-state index in [1.165, 1.54) is 51.5 Å². The molecule has 4 aliphatic heterocycles. The number of hydrogen-bond donors (Lipinski definition) is 1. The van der Waals surface area contributed by atoms with Crippen molar-refractivity contribution in [1.82, 2.24) is 15.1 Å². The average molecular weight is 305 g/mol. The van der Waals surface area contributed by atoms with Crippen LogP contribution in [0.25, 0.3) is 0 Å². The predicted octanol–water partition coefficient (Wildman–Crippen LogP) is 1.85. The fourth-order valence-electron chi connectivity index (χ4n) is 5.60. The van der Waals surface area contributed by atoms with Crippen molar-refractivity contribution in [2.24, 2.45) is 11.8 Å². The fourth-order valence-corrected chi connectivity index (χ4v) is 5.60. The summed E-state index contributed by atoms with van der Waals surface area (Å²) in [5.74, 6) is 1.80. The maximum atomic E-state index is 12.7. The number of amides is 1. The van der Waals surface area contributed by atoms with Crippen molar-refractivity contribution in [1.29, 1.82) is 0 Å². The molecule has 4 nitrogen and oxygen atoms in total. The van der Waals surface area contributed by atoms with E-state index in [9.17, 15) is 4.79 Å². The van der Waals surface area contributed by atoms with Crippen molar-refractivity contribution in [2.45, 2.75) is 69.5 Å². The van der Waals surface area contributed by atoms with Crippen LogP contribution in [0.5, 0.6) is 0 Å². The third-order valence-electron chi connectivity index (χ3n) is 6.73. The number of likely N-dealkylation sites (tertiary alicyclic amines) is 2. The summed E-state index contributed by atoms with van der Waals surface area (Å²) in [6.45, 7) is 3.25. The van der Waals surface area contributed by atoms with Gasteiger partial charge in [0.2, 0.25) is 5.91 Å². The molecule has 0 aromatic rings. The van der Waals surface area contributed by atoms with Crippen molar-refractivity contribution in [3.63, 3.8) is 0 Å². The van der Waals surface area contributed by atoms with Gasteiger partial charge >= 0.3 is 0 Å². The lowest BCUT2D eigenvalue weighted by molar-refractivity contribution is -0.136. The molecule has 0 spiro atoms. The van der Waals surface area contributed by atoms with E-state index in [0.717, 1.165) is 31.5 Å². The quantitative estimate of drug-likeness (QED) is 0.846. The molecule has 0 aromatic carbocycles. The molecule has 4 heterocycles. The minimum atomic E-state index is 0.443. The van der Waals surface area contributed by atoms with Crippen molar-refractivity contribution in [3.8, 4) is 0 Å². The van der Waals surface area contributed by atoms with Crippen LogP contribution >= 0.6 is 0 Å². The first-order valence-electron chi connectivity index (χ1n) is 9.43. The molecule has 124 valence electrons. The van der Waals surface area contributed by atoms with Crippen LogP contribution in [0, 0.1) is 11.8 Å². The number of rotatable bonds is 2. The first kappa shape index (κ1) is 14.9. The normalized spacial score (nSPS) is 42.2. The van der Waals surface area contributed by atoms with Crippen molar-refractivity contribution < 1.29 is 4.79 Å². The van der Waals surface area contributed by atoms with Gasteiger partial charge in [-0.3, -0.25) is 4.79 Å². The molecule has 4 heteroatoms. The molecule has 2 bridgehead atoms. The molecule has 4 saturated heterocycles. The van der Waals surface area contributed by atoms with Crippen molar-refractivity contribution in [2.75, 3.05) is 26.7 Å². The molecule has 1 amide bonds. The van der Waals surface area contributed by atoms with Crippen LogP contribution in [0.3, 0.4) is 0 Å². The van der Waals surface area contributed by atoms with Crippen LogP contribution in [0.4, 0.5) is 0 Å². The summed E-state index contributed by atoms with van der Waals surface area (Å²) in [6.07, 6.45) is 9.72. The number of hydrogen-bond acceptors (Lipinski definition) is 3. The highest BCUT2D eigenvalue weighted by molar-refractivity contribution is 5.76. The van der Waals surface area contributed by atoms with E-state index in [1.54, 1.807) is 0 Å². The number of piperidine rings is 3. The van der Waals surface area contributed by atoms with E-state index in [-0.39, 0.29) is 0 Å². The molecule has 0 radical (unpaired) electrons. The van der Waals surface area contributed by atoms with Gasteiger partial charge in [-0.05, 0) is 70.4 Å². The van der Waals surface area contributed by atoms with E-state index in [2.05, 4.69) is 22.2 Å². The monoisotopic (exact) mass is 305 g/mol. The molecule has 4 atom stereocenters. The Hall–Kier alpha value is -0.610. The summed E-state index contributed by atoms with van der Waals surface area (Å²) >= 11 is 0. The molecule has 0 saturated carbocycles. The van der Waals surface area contributed by atoms with E-state index in [4.69, 9.17) is 0 Å². The molecular formula is C18H31N3O. The standard InChI is InChI=1S/C18H31N3O/c1-20-7-2-3-14-12-21(8-6-17(14)20)18(22)11-13-9-15-4-5-16(10-13)19-15/h13-17,19H,2-12H2,1H3. The maximum Gasteiger partial charge on any atom is 0.222 e. The fraction of sp³-hybridized carbons (Fsp3) is 0.944. The Bertz CT molecular complexity index is 415. The second-order valence-electron chi connectivity index (χ2n) is 8.26. The molecule has 1 N–H and O–H groups in total. The van der Waals surface area contributed by atoms with Gasteiger partial charge in [-0.2, -0.15) is 0 Å². The largest absolute Gasteiger partial charge is 0.342 e. The van der Waals surface area contributed by atoms with Crippen LogP contribution in [-0.4, -0.2) is 60.5 Å². The lowest BCUT2D eigenvalue weighted by atomic mass is 9.83. The van der Waals surface area contributed by atoms with Crippen molar-refractivity contribution >= 4 is 5.91 Å². The Morgan fingerprint density at radius 2 is 1.86 bits per heavy atom. The second-order valence-corrected chi connectivity index (χ2v) is 8.26. The summed E-state index contributed by atoms with van der Waals surface area (Å²) in [6, 6.07) is 2.14. The zero-order valence-corrected chi connectivity index (χ0v) is 14.0. The van der Waals surface area contributed by atoms with Gasteiger partial charge in [0.05, 0.1) is 0 Å². The van der Waals surface area contributed by atoms with Crippen LogP contribution in [0.1, 0.15) is 51.4 Å². The Balaban J connectivity index is 1.31. The molecule has 4 aliphatic rings. The summed E-state index contributed by atoms with van der Waals surface area (Å²) in [5.41, 5.74) is 0. The second kappa shape index (κ2) is 6.12. The number of fused-ring (bicyclic) bond motifs is 3. The smallest absolute Gasteiger partial charge is 0.222 e. The van der Waals surface area contributed by atoms with Crippen LogP contribution in [0.15, 0.2) is 0 Å². The van der Waals surface area contributed by atoms with Gasteiger partial charge in [-0.25, -0.2) is 0 Å². The first-order valence-corrected chi connectivity index (χ1v) is 9.43. The molecule has 0 aromatic heterocycles. The lowest BCUT2D eigenvalue weighted by Crippen LogP contribution is -2.54. The molecule has 4 rings (SSSR count). The minimum Gasteiger partial charge on any atom is -0.342 e. The third kappa shape index (κ3) is 2.92. The zero-order chi connectivity index (χ0) is 15.1. The van der Waals surface area contributed by atoms with Gasteiger partial charge in [0, 0.05) is 37.6 Å². The molecule has 0 aliphatic carbocycles. The van der Waals surface area contributed by atoms with E-state index in [1.807, 2.05) is 0 Å². The average Bonchev–Trinajstić information content (AvgIpc) is 2.86. The molecule has 4 unspecified atom stereocenters. The van der Waals surface area contributed by atoms with Gasteiger partial charge in [0.1, 0.15) is 0 Å². The van der Waals surface area contributed by atoms with Gasteiger partial charge in [-0.1, -0.05) is 0 Å². The molecule has 4 fully saturated rings. The SMILES string of the molecule is CN1CCCC2CN(C(=O)CC3CC4CCC(C3)N4)CCC21. The minimum absolute atomic E-state index is 0.443. The number of carbonyl (C=O) groups excluding carboxylic acids is 1. The highest BCUT2D eigenvalue weighted by Gasteiger charge is 2.38. The van der Waals surface area contributed by atoms with Gasteiger partial charge < -0.3 is 15.1 Å². The predicted molar refractivity (Wildman–Crippen MR) is 87.6 cm³/mol. The summed E-state index contributed by atoms with van der Waals surface area (Å²) < 4.78 is 0. The van der Waals surface area contributed by atoms with Crippen LogP contribution in [-0.2, 0) is 4.79 Å². The topological polar surface area (TPSA) is 35.6 Å². The number of carbonyl (C=O) groups is 1. The van der Waals surface area contributed by atoms with Crippen molar-refractivity contribution in [3.05, 3.63) is 0 Å². The van der Waals surface area contributed by atoms with E-state index in [0.29, 0.717) is 23.9 Å². The van der Waals surface area contributed by atoms with Crippen LogP contribution < -0.4 is 5.32 Å². The summed E-state index contributed by atoms with van der Waals surface area (Å²) in [7, 11) is 2.26. The highest BCUT2D eigenvalue weighted by atomic mass is 16.2. The Morgan fingerprint density at radius 3 is 2.64 bits per heavy atom. The highest BCUT2D eigenvalue weighted by Crippen LogP contribution is 2.34. The van der Waals surface area contributed by atoms with Gasteiger partial charge in [0.15, 0.2) is 0 Å². The summed E-state index contributed by atoms with van der Waals surface area (Å²) in [5, 5.41) is 3.68. The van der Waals surface area contributed by atoms with Crippen LogP contribution in [0.2, 0.25) is 0 Å². The van der Waals surface area contributed by atoms with E-state index >= 15 is 0 Å². The molecule has 22 heavy (non-hydrogen) atoms. The van der Waals surface area contributed by atoms with Gasteiger partial charge in [-0.15, -0.1) is 0 Å². The lowest BCUT2D eigenvalue weighted by Gasteiger charge is -2.46. The number of nitrogens with one attached hydrogen (secondary N) is 1. The number of nitrogens with zero attached hydrogens (tertiary/aromatic N) is 2. The third-order valence-corrected chi connectivity index (χ3v) is 6.73. The Labute approximate surface area is 134 Å². The first-order chi connectivity index (χ1) is 10.7. The summed E-state index contributed by atoms with van der Waals surface area (Å²) in [4.78, 5) is 17.5.